The number of aldehydes is 1. The smallest absolute Gasteiger partial charge is 0.278 e. The lowest BCUT2D eigenvalue weighted by atomic mass is 10.1. The third-order valence-electron chi connectivity index (χ3n) is 2.65. The maximum atomic E-state index is 12.1. The van der Waals surface area contributed by atoms with Crippen LogP contribution in [0.15, 0.2) is 27.8 Å². The number of aromatic nitrogens is 4. The van der Waals surface area contributed by atoms with E-state index in [4.69, 9.17) is 0 Å². The van der Waals surface area contributed by atoms with Crippen LogP contribution in [0.3, 0.4) is 0 Å². The monoisotopic (exact) mass is 242 g/mol. The van der Waals surface area contributed by atoms with Crippen molar-refractivity contribution in [1.29, 1.82) is 0 Å². The predicted molar refractivity (Wildman–Crippen MR) is 63.7 cm³/mol. The summed E-state index contributed by atoms with van der Waals surface area (Å²) in [5, 5.41) is 9.83. The Kier molecular flexibility index (Phi) is 2.06. The zero-order chi connectivity index (χ0) is 12.7. The Hall–Kier alpha value is -2.83. The molecule has 0 unspecified atom stereocenters. The molecule has 0 spiro atoms. The molecular formula is C11H6N4O3. The van der Waals surface area contributed by atoms with Crippen LogP contribution in [0.2, 0.25) is 0 Å². The fraction of sp³-hybridized carbons (Fsp3) is 0. The quantitative estimate of drug-likeness (QED) is 0.582. The maximum Gasteiger partial charge on any atom is 0.278 e. The van der Waals surface area contributed by atoms with Crippen molar-refractivity contribution in [2.24, 2.45) is 0 Å². The van der Waals surface area contributed by atoms with Crippen molar-refractivity contribution in [3.63, 3.8) is 0 Å². The molecule has 0 aliphatic carbocycles. The summed E-state index contributed by atoms with van der Waals surface area (Å²) in [6, 6.07) is 4.42. The Morgan fingerprint density at radius 3 is 2.67 bits per heavy atom. The molecule has 0 atom stereocenters. The molecule has 0 amide bonds. The Morgan fingerprint density at radius 1 is 1.11 bits per heavy atom. The summed E-state index contributed by atoms with van der Waals surface area (Å²) in [4.78, 5) is 37.1. The van der Waals surface area contributed by atoms with Gasteiger partial charge < -0.3 is 4.98 Å². The Morgan fingerprint density at radius 2 is 1.89 bits per heavy atom. The lowest BCUT2D eigenvalue weighted by molar-refractivity contribution is 0.112. The van der Waals surface area contributed by atoms with Gasteiger partial charge in [0.1, 0.15) is 6.29 Å². The molecule has 88 valence electrons. The molecular weight excluding hydrogens is 236 g/mol. The molecule has 2 aromatic heterocycles. The van der Waals surface area contributed by atoms with Gasteiger partial charge in [-0.1, -0.05) is 6.07 Å². The third kappa shape index (κ3) is 1.34. The second kappa shape index (κ2) is 3.59. The first-order valence-electron chi connectivity index (χ1n) is 5.07. The Balaban J connectivity index is 2.67. The summed E-state index contributed by atoms with van der Waals surface area (Å²) in [6.45, 7) is 0. The van der Waals surface area contributed by atoms with Crippen LogP contribution in [0.1, 0.15) is 10.4 Å². The zero-order valence-electron chi connectivity index (χ0n) is 8.93. The van der Waals surface area contributed by atoms with E-state index in [1.807, 2.05) is 0 Å². The van der Waals surface area contributed by atoms with Crippen LogP contribution in [-0.4, -0.2) is 26.7 Å². The maximum absolute atomic E-state index is 12.1. The van der Waals surface area contributed by atoms with Gasteiger partial charge in [0.25, 0.3) is 5.56 Å². The highest BCUT2D eigenvalue weighted by Crippen LogP contribution is 2.09. The third-order valence-corrected chi connectivity index (χ3v) is 2.65. The lowest BCUT2D eigenvalue weighted by Gasteiger charge is -1.92. The standard InChI is InChI=1S/C11H6N4O3/c16-4-5-1-2-6-7(3-5)12-11(18)9-8(10(6)17)13-15-14-9/h1-4H,(H,12,18)(H,13,14,15). The molecule has 3 rings (SSSR count). The van der Waals surface area contributed by atoms with Crippen LogP contribution in [0, 0.1) is 0 Å². The molecule has 0 fully saturated rings. The van der Waals surface area contributed by atoms with Crippen molar-refractivity contribution in [1.82, 2.24) is 20.4 Å². The summed E-state index contributed by atoms with van der Waals surface area (Å²) in [7, 11) is 0. The summed E-state index contributed by atoms with van der Waals surface area (Å²) in [5.41, 5.74) is -0.363. The first kappa shape index (κ1) is 10.3. The van der Waals surface area contributed by atoms with Crippen molar-refractivity contribution in [3.8, 4) is 0 Å². The molecule has 2 heterocycles. The number of nitrogens with zero attached hydrogens (tertiary/aromatic N) is 2. The summed E-state index contributed by atoms with van der Waals surface area (Å²) < 4.78 is 0. The number of rotatable bonds is 1. The number of hydrogen-bond acceptors (Lipinski definition) is 5. The second-order valence-corrected chi connectivity index (χ2v) is 3.73. The van der Waals surface area contributed by atoms with Crippen molar-refractivity contribution in [2.45, 2.75) is 0 Å². The van der Waals surface area contributed by atoms with E-state index in [0.29, 0.717) is 11.8 Å². The van der Waals surface area contributed by atoms with Gasteiger partial charge in [0, 0.05) is 10.9 Å². The molecule has 0 saturated carbocycles. The van der Waals surface area contributed by atoms with Gasteiger partial charge in [-0.2, -0.15) is 15.4 Å². The van der Waals surface area contributed by atoms with E-state index in [1.165, 1.54) is 18.2 Å². The molecule has 7 heteroatoms. The minimum Gasteiger partial charge on any atom is -0.320 e. The summed E-state index contributed by atoms with van der Waals surface area (Å²) >= 11 is 0. The SMILES string of the molecule is O=Cc1ccc2c(=O)c3n[nH]nc3c(=O)[nH]c2c1. The molecule has 1 aromatic carbocycles. The van der Waals surface area contributed by atoms with Gasteiger partial charge in [-0.25, -0.2) is 0 Å². The van der Waals surface area contributed by atoms with E-state index in [0.717, 1.165) is 0 Å². The second-order valence-electron chi connectivity index (χ2n) is 3.73. The highest BCUT2D eigenvalue weighted by Gasteiger charge is 2.09. The fourth-order valence-corrected chi connectivity index (χ4v) is 1.79. The largest absolute Gasteiger partial charge is 0.320 e. The molecule has 0 aliphatic rings. The van der Waals surface area contributed by atoms with Crippen LogP contribution < -0.4 is 11.0 Å². The van der Waals surface area contributed by atoms with E-state index in [1.54, 1.807) is 0 Å². The van der Waals surface area contributed by atoms with E-state index >= 15 is 0 Å². The number of carbonyl (C=O) groups is 1. The molecule has 0 radical (unpaired) electrons. The molecule has 3 aromatic rings. The van der Waals surface area contributed by atoms with Gasteiger partial charge in [0.15, 0.2) is 11.0 Å². The Labute approximate surface area is 98.5 Å². The van der Waals surface area contributed by atoms with E-state index < -0.39 is 11.0 Å². The molecule has 2 N–H and O–H groups in total. The predicted octanol–water partition coefficient (Wildman–Crippen LogP) is -0.0279. The molecule has 0 saturated heterocycles. The average molecular weight is 242 g/mol. The Bertz CT molecular complexity index is 894. The number of aromatic amines is 2. The van der Waals surface area contributed by atoms with Gasteiger partial charge in [-0.3, -0.25) is 14.4 Å². The number of fused-ring (bicyclic) bond motifs is 2. The van der Waals surface area contributed by atoms with Gasteiger partial charge in [-0.05, 0) is 12.1 Å². The summed E-state index contributed by atoms with van der Waals surface area (Å²) in [6.07, 6.45) is 0.638. The first-order chi connectivity index (χ1) is 8.70. The molecule has 18 heavy (non-hydrogen) atoms. The van der Waals surface area contributed by atoms with Crippen LogP contribution in [-0.2, 0) is 0 Å². The normalized spacial score (nSPS) is 10.9. The summed E-state index contributed by atoms with van der Waals surface area (Å²) in [5.74, 6) is 0. The number of nitrogens with one attached hydrogen (secondary N) is 2. The molecule has 0 aliphatic heterocycles. The highest BCUT2D eigenvalue weighted by atomic mass is 16.1. The van der Waals surface area contributed by atoms with E-state index in [9.17, 15) is 14.4 Å². The number of carbonyl (C=O) groups excluding carboxylic acids is 1. The zero-order valence-corrected chi connectivity index (χ0v) is 8.93. The lowest BCUT2D eigenvalue weighted by Crippen LogP contribution is -2.02. The van der Waals surface area contributed by atoms with Gasteiger partial charge >= 0.3 is 0 Å². The van der Waals surface area contributed by atoms with Crippen molar-refractivity contribution in [2.75, 3.05) is 0 Å². The average Bonchev–Trinajstić information content (AvgIpc) is 2.83. The topological polar surface area (TPSA) is 109 Å². The van der Waals surface area contributed by atoms with Gasteiger partial charge in [0.2, 0.25) is 5.43 Å². The van der Waals surface area contributed by atoms with Crippen LogP contribution in [0.25, 0.3) is 21.9 Å². The number of benzene rings is 1. The number of hydrogen-bond donors (Lipinski definition) is 2. The number of H-pyrrole nitrogens is 2. The van der Waals surface area contributed by atoms with E-state index in [-0.39, 0.29) is 21.9 Å². The van der Waals surface area contributed by atoms with Crippen molar-refractivity contribution >= 4 is 28.2 Å². The van der Waals surface area contributed by atoms with Crippen molar-refractivity contribution < 1.29 is 4.79 Å². The molecule has 0 bridgehead atoms. The van der Waals surface area contributed by atoms with Gasteiger partial charge in [0.05, 0.1) is 5.52 Å². The minimum atomic E-state index is -0.533. The van der Waals surface area contributed by atoms with Gasteiger partial charge in [-0.15, -0.1) is 0 Å². The minimum absolute atomic E-state index is 0.0231. The first-order valence-corrected chi connectivity index (χ1v) is 5.07. The van der Waals surface area contributed by atoms with Crippen LogP contribution in [0.4, 0.5) is 0 Å². The highest BCUT2D eigenvalue weighted by molar-refractivity contribution is 5.90. The van der Waals surface area contributed by atoms with Crippen molar-refractivity contribution in [3.05, 3.63) is 44.3 Å². The molecule has 7 nitrogen and oxygen atoms in total. The van der Waals surface area contributed by atoms with Crippen LogP contribution >= 0.6 is 0 Å². The van der Waals surface area contributed by atoms with E-state index in [2.05, 4.69) is 20.4 Å². The van der Waals surface area contributed by atoms with Crippen LogP contribution in [0.5, 0.6) is 0 Å². The fourth-order valence-electron chi connectivity index (χ4n) is 1.79.